The van der Waals surface area contributed by atoms with Gasteiger partial charge in [-0.2, -0.15) is 0 Å². The van der Waals surface area contributed by atoms with Crippen LogP contribution >= 0.6 is 23.0 Å². The molecule has 0 aliphatic carbocycles. The number of amides is 1. The maximum atomic E-state index is 11.5. The molecule has 0 aromatic heterocycles. The summed E-state index contributed by atoms with van der Waals surface area (Å²) in [7, 11) is -9.88. The fourth-order valence-corrected chi connectivity index (χ4v) is 0.906. The molecule has 0 aliphatic heterocycles. The maximum absolute atomic E-state index is 11.5. The summed E-state index contributed by atoms with van der Waals surface area (Å²) in [5, 5.41) is -2.04. The summed E-state index contributed by atoms with van der Waals surface area (Å²) in [6.45, 7) is 0. The lowest BCUT2D eigenvalue weighted by molar-refractivity contribution is 0.228. The van der Waals surface area contributed by atoms with Crippen LogP contribution in [0.5, 0.6) is 0 Å². The summed E-state index contributed by atoms with van der Waals surface area (Å²) in [5.74, 6) is 0. The second-order valence-corrected chi connectivity index (χ2v) is 4.50. The predicted molar refractivity (Wildman–Crippen MR) is 35.3 cm³/mol. The summed E-state index contributed by atoms with van der Waals surface area (Å²) in [6, 6.07) is 0. The zero-order valence-electron chi connectivity index (χ0n) is 5.10. The Hall–Kier alpha value is -0.180. The van der Waals surface area contributed by atoms with E-state index in [-0.39, 0.29) is 7.05 Å². The molecule has 11 heavy (non-hydrogen) atoms. The van der Waals surface area contributed by atoms with Crippen LogP contribution < -0.4 is 0 Å². The summed E-state index contributed by atoms with van der Waals surface area (Å²) in [6.07, 6.45) is 0. The molecular weight excluding hydrogens is 213 g/mol. The summed E-state index contributed by atoms with van der Waals surface area (Å²) in [4.78, 5) is 9.82. The molecule has 0 heterocycles. The molecule has 0 rings (SSSR count). The molecule has 0 aliphatic rings. The number of thiol groups is 1. The van der Waals surface area contributed by atoms with Crippen molar-refractivity contribution in [1.29, 1.82) is 0 Å². The van der Waals surface area contributed by atoms with E-state index in [1.54, 1.807) is 0 Å². The van der Waals surface area contributed by atoms with Gasteiger partial charge in [0.05, 0.1) is 0 Å². The number of carbonyl (C=O) groups excluding carboxylic acids is 1. The van der Waals surface area contributed by atoms with Gasteiger partial charge >= 0.3 is 10.4 Å². The highest BCUT2D eigenvalue weighted by atomic mass is 32.5. The van der Waals surface area contributed by atoms with Crippen LogP contribution in [-0.4, -0.2) is 16.6 Å². The van der Waals surface area contributed by atoms with Crippen molar-refractivity contribution in [2.45, 2.75) is 0 Å². The van der Waals surface area contributed by atoms with Gasteiger partial charge in [-0.1, -0.05) is 32.1 Å². The smallest absolute Gasteiger partial charge is 0.261 e. The topological polar surface area (TPSA) is 20.3 Å². The number of hydrogen-bond donors (Lipinski definition) is 1. The van der Waals surface area contributed by atoms with Crippen molar-refractivity contribution in [3.63, 3.8) is 0 Å². The van der Waals surface area contributed by atoms with Crippen LogP contribution in [0.4, 0.5) is 24.2 Å². The predicted octanol–water partition coefficient (Wildman–Crippen LogP) is 3.18. The number of hydrogen-bond acceptors (Lipinski definition) is 1. The van der Waals surface area contributed by atoms with Crippen molar-refractivity contribution < 1.29 is 24.2 Å². The Bertz CT molecular complexity index is 194. The highest BCUT2D eigenvalue weighted by Gasteiger charge is 2.69. The zero-order chi connectivity index (χ0) is 9.56. The van der Waals surface area contributed by atoms with E-state index in [2.05, 4.69) is 12.6 Å². The second kappa shape index (κ2) is 1.76. The van der Waals surface area contributed by atoms with E-state index < -0.39 is 20.0 Å². The number of nitrogens with zero attached hydrogens (tertiary/aromatic N) is 1. The van der Waals surface area contributed by atoms with Gasteiger partial charge in [0.25, 0.3) is 5.24 Å². The van der Waals surface area contributed by atoms with Crippen LogP contribution in [0.3, 0.4) is 0 Å². The molecule has 9 heteroatoms. The Morgan fingerprint density at radius 2 is 1.55 bits per heavy atom. The highest BCUT2D eigenvalue weighted by Crippen LogP contribution is 2.99. The Kier molecular flexibility index (Phi) is 1.73. The van der Waals surface area contributed by atoms with Gasteiger partial charge in [-0.3, -0.25) is 4.79 Å². The summed E-state index contributed by atoms with van der Waals surface area (Å²) in [5.41, 5.74) is 0. The lowest BCUT2D eigenvalue weighted by atomic mass is 11.2. The molecule has 0 atom stereocenters. The Balaban J connectivity index is 5.02. The van der Waals surface area contributed by atoms with E-state index in [1.165, 1.54) is 0 Å². The van der Waals surface area contributed by atoms with Gasteiger partial charge in [-0.25, -0.2) is 4.31 Å². The Morgan fingerprint density at radius 1 is 1.27 bits per heavy atom. The van der Waals surface area contributed by atoms with E-state index in [1.807, 2.05) is 0 Å². The lowest BCUT2D eigenvalue weighted by Crippen LogP contribution is -2.32. The monoisotopic (exact) mass is 217 g/mol. The van der Waals surface area contributed by atoms with Crippen molar-refractivity contribution in [3.05, 3.63) is 0 Å². The number of rotatable bonds is 1. The van der Waals surface area contributed by atoms with Crippen molar-refractivity contribution in [2.75, 3.05) is 7.05 Å². The molecule has 0 spiro atoms. The molecule has 1 amide bonds. The van der Waals surface area contributed by atoms with Gasteiger partial charge in [0.15, 0.2) is 0 Å². The van der Waals surface area contributed by atoms with Gasteiger partial charge in [-0.15, -0.1) is 0 Å². The fraction of sp³-hybridized carbons (Fsp3) is 0.500. The van der Waals surface area contributed by atoms with E-state index in [9.17, 15) is 24.2 Å². The minimum Gasteiger partial charge on any atom is -0.261 e. The molecule has 0 saturated carbocycles. The zero-order valence-corrected chi connectivity index (χ0v) is 6.81. The second-order valence-electron chi connectivity index (χ2n) is 1.71. The molecule has 0 radical (unpaired) electrons. The van der Waals surface area contributed by atoms with Crippen molar-refractivity contribution >= 4 is 28.3 Å². The van der Waals surface area contributed by atoms with E-state index in [0.717, 1.165) is 0 Å². The SMILES string of the molecule is CN(C(=O)S)S(F)(F)(F)(F)F. The molecule has 0 saturated heterocycles. The van der Waals surface area contributed by atoms with Gasteiger partial charge in [0.1, 0.15) is 0 Å². The Labute approximate surface area is 64.6 Å². The third kappa shape index (κ3) is 3.14. The first-order chi connectivity index (χ1) is 4.34. The van der Waals surface area contributed by atoms with Crippen LogP contribution in [0.15, 0.2) is 0 Å². The van der Waals surface area contributed by atoms with Gasteiger partial charge < -0.3 is 0 Å². The van der Waals surface area contributed by atoms with Gasteiger partial charge in [0, 0.05) is 7.05 Å². The third-order valence-electron chi connectivity index (χ3n) is 0.787. The van der Waals surface area contributed by atoms with E-state index in [4.69, 9.17) is 0 Å². The van der Waals surface area contributed by atoms with Gasteiger partial charge in [0.2, 0.25) is 0 Å². The van der Waals surface area contributed by atoms with Crippen LogP contribution in [0.2, 0.25) is 0 Å². The normalized spacial score (nSPS) is 18.5. The molecular formula is C2H4F5NOS2. The van der Waals surface area contributed by atoms with Crippen LogP contribution in [0.1, 0.15) is 0 Å². The van der Waals surface area contributed by atoms with Gasteiger partial charge in [-0.05, 0) is 0 Å². The fourth-order valence-electron chi connectivity index (χ4n) is 0.148. The summed E-state index contributed by atoms with van der Waals surface area (Å²) >= 11 is 2.61. The van der Waals surface area contributed by atoms with Crippen molar-refractivity contribution in [2.24, 2.45) is 0 Å². The third-order valence-corrected chi connectivity index (χ3v) is 2.42. The molecule has 0 fully saturated rings. The van der Waals surface area contributed by atoms with Crippen molar-refractivity contribution in [3.8, 4) is 0 Å². The molecule has 0 aromatic carbocycles. The number of halogens is 5. The quantitative estimate of drug-likeness (QED) is 0.528. The average molecular weight is 217 g/mol. The molecule has 2 nitrogen and oxygen atoms in total. The van der Waals surface area contributed by atoms with Crippen molar-refractivity contribution in [1.82, 2.24) is 4.31 Å². The molecule has 0 bridgehead atoms. The molecule has 0 unspecified atom stereocenters. The first-order valence-electron chi connectivity index (χ1n) is 2.05. The minimum absolute atomic E-state index is 0.0725. The van der Waals surface area contributed by atoms with E-state index >= 15 is 0 Å². The highest BCUT2D eigenvalue weighted by molar-refractivity contribution is 8.44. The maximum Gasteiger partial charge on any atom is 0.367 e. The standard InChI is InChI=1S/C2H4F5NOS2/c1-8(2(9)10)11(3,4,5,6)7/h1H3,(H,9,10). The Morgan fingerprint density at radius 3 is 1.55 bits per heavy atom. The molecule has 70 valence electrons. The van der Waals surface area contributed by atoms with E-state index in [0.29, 0.717) is 0 Å². The molecule has 0 aromatic rings. The lowest BCUT2D eigenvalue weighted by Gasteiger charge is -2.46. The first kappa shape index (κ1) is 10.8. The van der Waals surface area contributed by atoms with Crippen LogP contribution in [-0.2, 0) is 0 Å². The van der Waals surface area contributed by atoms with Crippen LogP contribution in [0, 0.1) is 0 Å². The number of carbonyl (C=O) groups is 1. The molecule has 0 N–H and O–H groups in total. The average Bonchev–Trinajstić information content (AvgIpc) is 1.57. The largest absolute Gasteiger partial charge is 0.367 e. The first-order valence-corrected chi connectivity index (χ1v) is 4.41. The van der Waals surface area contributed by atoms with Crippen LogP contribution in [0.25, 0.3) is 0 Å². The minimum atomic E-state index is -9.81. The summed E-state index contributed by atoms with van der Waals surface area (Å²) < 4.78 is 56.0.